The number of aldehydes is 1. The van der Waals surface area contributed by atoms with Crippen LogP contribution in [-0.4, -0.2) is 16.5 Å². The zero-order chi connectivity index (χ0) is 11.4. The maximum Gasteiger partial charge on any atom is 0.238 e. The van der Waals surface area contributed by atoms with Crippen molar-refractivity contribution in [2.75, 3.05) is 0 Å². The standard InChI is InChI=1S/C11H7ClN2O2/c12-10-4-5-11(14-13-10)16-9-3-1-2-8(6-9)7-15/h1-7H. The molecule has 0 fully saturated rings. The Morgan fingerprint density at radius 1 is 1.19 bits per heavy atom. The van der Waals surface area contributed by atoms with Crippen molar-refractivity contribution in [3.63, 3.8) is 0 Å². The van der Waals surface area contributed by atoms with E-state index >= 15 is 0 Å². The fourth-order valence-electron chi connectivity index (χ4n) is 1.13. The van der Waals surface area contributed by atoms with Crippen LogP contribution >= 0.6 is 11.6 Å². The van der Waals surface area contributed by atoms with Gasteiger partial charge in [0, 0.05) is 11.6 Å². The number of hydrogen-bond acceptors (Lipinski definition) is 4. The first-order valence-corrected chi connectivity index (χ1v) is 4.88. The van der Waals surface area contributed by atoms with E-state index in [1.54, 1.807) is 36.4 Å². The van der Waals surface area contributed by atoms with Gasteiger partial charge in [0.25, 0.3) is 0 Å². The van der Waals surface area contributed by atoms with Crippen LogP contribution in [-0.2, 0) is 0 Å². The van der Waals surface area contributed by atoms with E-state index in [0.717, 1.165) is 6.29 Å². The fraction of sp³-hybridized carbons (Fsp3) is 0. The Balaban J connectivity index is 2.20. The number of ether oxygens (including phenoxy) is 1. The summed E-state index contributed by atoms with van der Waals surface area (Å²) < 4.78 is 5.38. The molecule has 0 saturated carbocycles. The molecule has 80 valence electrons. The van der Waals surface area contributed by atoms with Crippen molar-refractivity contribution in [1.82, 2.24) is 10.2 Å². The van der Waals surface area contributed by atoms with Gasteiger partial charge in [-0.25, -0.2) is 0 Å². The topological polar surface area (TPSA) is 52.1 Å². The summed E-state index contributed by atoms with van der Waals surface area (Å²) in [7, 11) is 0. The van der Waals surface area contributed by atoms with Crippen LogP contribution in [0.15, 0.2) is 36.4 Å². The highest BCUT2D eigenvalue weighted by Gasteiger charge is 2.00. The molecule has 2 rings (SSSR count). The average Bonchev–Trinajstić information content (AvgIpc) is 2.32. The quantitative estimate of drug-likeness (QED) is 0.767. The van der Waals surface area contributed by atoms with Crippen LogP contribution < -0.4 is 4.74 Å². The molecule has 0 aliphatic heterocycles. The van der Waals surface area contributed by atoms with E-state index < -0.39 is 0 Å². The van der Waals surface area contributed by atoms with E-state index in [2.05, 4.69) is 10.2 Å². The van der Waals surface area contributed by atoms with Gasteiger partial charge in [0.1, 0.15) is 12.0 Å². The molecular formula is C11H7ClN2O2. The second kappa shape index (κ2) is 4.72. The van der Waals surface area contributed by atoms with Crippen molar-refractivity contribution < 1.29 is 9.53 Å². The average molecular weight is 235 g/mol. The summed E-state index contributed by atoms with van der Waals surface area (Å²) in [5, 5.41) is 7.68. The summed E-state index contributed by atoms with van der Waals surface area (Å²) in [5.41, 5.74) is 0.541. The molecule has 2 aromatic rings. The lowest BCUT2D eigenvalue weighted by Crippen LogP contribution is -1.90. The number of carbonyl (C=O) groups is 1. The molecule has 0 bridgehead atoms. The summed E-state index contributed by atoms with van der Waals surface area (Å²) in [6, 6.07) is 9.93. The van der Waals surface area contributed by atoms with Gasteiger partial charge in [-0.1, -0.05) is 23.7 Å². The Bertz CT molecular complexity index is 500. The first-order chi connectivity index (χ1) is 7.78. The van der Waals surface area contributed by atoms with E-state index in [1.807, 2.05) is 0 Å². The highest BCUT2D eigenvalue weighted by molar-refractivity contribution is 6.29. The Kier molecular flexibility index (Phi) is 3.12. The molecule has 0 aliphatic rings. The molecule has 0 spiro atoms. The number of nitrogens with zero attached hydrogens (tertiary/aromatic N) is 2. The second-order valence-corrected chi connectivity index (χ2v) is 3.37. The van der Waals surface area contributed by atoms with Crippen molar-refractivity contribution in [3.8, 4) is 11.6 Å². The third kappa shape index (κ3) is 2.55. The number of carbonyl (C=O) groups excluding carboxylic acids is 1. The molecule has 0 atom stereocenters. The minimum absolute atomic E-state index is 0.300. The molecule has 16 heavy (non-hydrogen) atoms. The summed E-state index contributed by atoms with van der Waals surface area (Å²) in [6.07, 6.45) is 0.750. The number of hydrogen-bond donors (Lipinski definition) is 0. The van der Waals surface area contributed by atoms with Gasteiger partial charge in [0.05, 0.1) is 0 Å². The number of benzene rings is 1. The predicted octanol–water partition coefficient (Wildman–Crippen LogP) is 2.73. The smallest absolute Gasteiger partial charge is 0.238 e. The Morgan fingerprint density at radius 2 is 2.06 bits per heavy atom. The lowest BCUT2D eigenvalue weighted by Gasteiger charge is -2.03. The van der Waals surface area contributed by atoms with Gasteiger partial charge in [-0.15, -0.1) is 10.2 Å². The van der Waals surface area contributed by atoms with Crippen molar-refractivity contribution in [1.29, 1.82) is 0 Å². The molecule has 1 heterocycles. The molecule has 0 saturated heterocycles. The largest absolute Gasteiger partial charge is 0.438 e. The zero-order valence-corrected chi connectivity index (χ0v) is 8.89. The third-order valence-electron chi connectivity index (χ3n) is 1.82. The van der Waals surface area contributed by atoms with Gasteiger partial charge >= 0.3 is 0 Å². The lowest BCUT2D eigenvalue weighted by atomic mass is 10.2. The Labute approximate surface area is 96.8 Å². The molecule has 0 aliphatic carbocycles. The molecular weight excluding hydrogens is 228 g/mol. The molecule has 0 radical (unpaired) electrons. The summed E-state index contributed by atoms with van der Waals surface area (Å²) in [6.45, 7) is 0. The first kappa shape index (κ1) is 10.6. The van der Waals surface area contributed by atoms with Crippen LogP contribution in [0.5, 0.6) is 11.6 Å². The third-order valence-corrected chi connectivity index (χ3v) is 2.03. The summed E-state index contributed by atoms with van der Waals surface area (Å²) >= 11 is 5.59. The second-order valence-electron chi connectivity index (χ2n) is 2.99. The molecule has 5 heteroatoms. The molecule has 1 aromatic carbocycles. The molecule has 1 aromatic heterocycles. The van der Waals surface area contributed by atoms with Crippen LogP contribution in [0.25, 0.3) is 0 Å². The van der Waals surface area contributed by atoms with Crippen LogP contribution in [0.2, 0.25) is 5.15 Å². The highest BCUT2D eigenvalue weighted by Crippen LogP contribution is 2.19. The Morgan fingerprint density at radius 3 is 2.75 bits per heavy atom. The maximum absolute atomic E-state index is 10.6. The SMILES string of the molecule is O=Cc1cccc(Oc2ccc(Cl)nn2)c1. The van der Waals surface area contributed by atoms with E-state index in [9.17, 15) is 4.79 Å². The van der Waals surface area contributed by atoms with Gasteiger partial charge in [-0.05, 0) is 18.2 Å². The maximum atomic E-state index is 10.6. The lowest BCUT2D eigenvalue weighted by molar-refractivity contribution is 0.112. The van der Waals surface area contributed by atoms with E-state index in [1.165, 1.54) is 0 Å². The number of rotatable bonds is 3. The van der Waals surface area contributed by atoms with Gasteiger partial charge in [-0.3, -0.25) is 4.79 Å². The van der Waals surface area contributed by atoms with Gasteiger partial charge in [0.2, 0.25) is 5.88 Å². The molecule has 0 N–H and O–H groups in total. The van der Waals surface area contributed by atoms with Gasteiger partial charge in [-0.2, -0.15) is 0 Å². The minimum Gasteiger partial charge on any atom is -0.438 e. The number of halogens is 1. The van der Waals surface area contributed by atoms with Crippen molar-refractivity contribution in [3.05, 3.63) is 47.1 Å². The summed E-state index contributed by atoms with van der Waals surface area (Å²) in [4.78, 5) is 10.6. The van der Waals surface area contributed by atoms with E-state index in [0.29, 0.717) is 22.3 Å². The van der Waals surface area contributed by atoms with Crippen LogP contribution in [0, 0.1) is 0 Å². The van der Waals surface area contributed by atoms with E-state index in [-0.39, 0.29) is 0 Å². The molecule has 0 amide bonds. The van der Waals surface area contributed by atoms with E-state index in [4.69, 9.17) is 16.3 Å². The Hall–Kier alpha value is -1.94. The van der Waals surface area contributed by atoms with Crippen LogP contribution in [0.1, 0.15) is 10.4 Å². The van der Waals surface area contributed by atoms with Crippen molar-refractivity contribution in [2.24, 2.45) is 0 Å². The molecule has 4 nitrogen and oxygen atoms in total. The monoisotopic (exact) mass is 234 g/mol. The minimum atomic E-state index is 0.300. The van der Waals surface area contributed by atoms with Crippen molar-refractivity contribution in [2.45, 2.75) is 0 Å². The van der Waals surface area contributed by atoms with Crippen LogP contribution in [0.4, 0.5) is 0 Å². The zero-order valence-electron chi connectivity index (χ0n) is 8.13. The fourth-order valence-corrected chi connectivity index (χ4v) is 1.23. The summed E-state index contributed by atoms with van der Waals surface area (Å²) in [5.74, 6) is 0.855. The van der Waals surface area contributed by atoms with Gasteiger partial charge in [0.15, 0.2) is 5.15 Å². The molecule has 0 unspecified atom stereocenters. The highest BCUT2D eigenvalue weighted by atomic mass is 35.5. The first-order valence-electron chi connectivity index (χ1n) is 4.50. The van der Waals surface area contributed by atoms with Crippen molar-refractivity contribution >= 4 is 17.9 Å². The van der Waals surface area contributed by atoms with Crippen LogP contribution in [0.3, 0.4) is 0 Å². The van der Waals surface area contributed by atoms with Gasteiger partial charge < -0.3 is 4.74 Å². The predicted molar refractivity (Wildman–Crippen MR) is 58.9 cm³/mol. The number of aromatic nitrogens is 2. The normalized spacial score (nSPS) is 9.81.